The summed E-state index contributed by atoms with van der Waals surface area (Å²) in [4.78, 5) is 10.3. The summed E-state index contributed by atoms with van der Waals surface area (Å²) in [5, 5.41) is 1.98. The summed E-state index contributed by atoms with van der Waals surface area (Å²) in [6.07, 6.45) is 0. The van der Waals surface area contributed by atoms with Gasteiger partial charge in [0.15, 0.2) is 0 Å². The van der Waals surface area contributed by atoms with Gasteiger partial charge in [-0.1, -0.05) is 18.2 Å². The Morgan fingerprint density at radius 1 is 1.00 bits per heavy atom. The van der Waals surface area contributed by atoms with E-state index in [4.69, 9.17) is 9.15 Å². The molecule has 0 aliphatic heterocycles. The normalized spacial score (nSPS) is 10.8. The van der Waals surface area contributed by atoms with Crippen LogP contribution in [0.2, 0.25) is 0 Å². The predicted molar refractivity (Wildman–Crippen MR) is 60.4 cm³/mol. The molecule has 0 amide bonds. The van der Waals surface area contributed by atoms with Crippen LogP contribution in [0.4, 0.5) is 0 Å². The Morgan fingerprint density at radius 3 is 2.69 bits per heavy atom. The molecule has 3 aromatic rings. The number of carbonyl (C=O) groups excluding carboxylic acids is 1. The number of hydrogen-bond acceptors (Lipinski definition) is 3. The van der Waals surface area contributed by atoms with Gasteiger partial charge in [0.2, 0.25) is 0 Å². The lowest BCUT2D eigenvalue weighted by Crippen LogP contribution is -1.86. The Morgan fingerprint density at radius 2 is 1.81 bits per heavy atom. The molecule has 1 heterocycles. The minimum absolute atomic E-state index is 0.420. The third-order valence-corrected chi connectivity index (χ3v) is 2.53. The average molecular weight is 212 g/mol. The minimum Gasteiger partial charge on any atom is -0.456 e. The van der Waals surface area contributed by atoms with E-state index >= 15 is 0 Å². The highest BCUT2D eigenvalue weighted by Crippen LogP contribution is 2.30. The standard InChI is InChI=1S/C13H8O3/c14-8-15-9-5-6-13-11(7-9)10-3-1-2-4-12(10)16-13/h1-8H. The highest BCUT2D eigenvalue weighted by molar-refractivity contribution is 6.05. The van der Waals surface area contributed by atoms with Crippen molar-refractivity contribution in [1.29, 1.82) is 0 Å². The smallest absolute Gasteiger partial charge is 0.298 e. The van der Waals surface area contributed by atoms with Crippen molar-refractivity contribution in [2.75, 3.05) is 0 Å². The van der Waals surface area contributed by atoms with Crippen LogP contribution in [0.25, 0.3) is 21.9 Å². The van der Waals surface area contributed by atoms with Crippen molar-refractivity contribution < 1.29 is 13.9 Å². The molecule has 0 unspecified atom stereocenters. The van der Waals surface area contributed by atoms with E-state index in [1.807, 2.05) is 24.3 Å². The number of para-hydroxylation sites is 1. The van der Waals surface area contributed by atoms with E-state index < -0.39 is 0 Å². The molecular formula is C13H8O3. The maximum atomic E-state index is 10.3. The van der Waals surface area contributed by atoms with Crippen LogP contribution < -0.4 is 4.74 Å². The van der Waals surface area contributed by atoms with Crippen LogP contribution in [0, 0.1) is 0 Å². The molecule has 0 saturated heterocycles. The predicted octanol–water partition coefficient (Wildman–Crippen LogP) is 3.12. The first kappa shape index (κ1) is 8.97. The number of hydrogen-bond donors (Lipinski definition) is 0. The van der Waals surface area contributed by atoms with Crippen molar-refractivity contribution in [3.63, 3.8) is 0 Å². The van der Waals surface area contributed by atoms with Gasteiger partial charge < -0.3 is 9.15 Å². The summed E-state index contributed by atoms with van der Waals surface area (Å²) in [5.41, 5.74) is 1.63. The average Bonchev–Trinajstić information content (AvgIpc) is 2.68. The maximum absolute atomic E-state index is 10.3. The number of carbonyl (C=O) groups is 1. The number of fused-ring (bicyclic) bond motifs is 3. The van der Waals surface area contributed by atoms with E-state index in [1.165, 1.54) is 0 Å². The fourth-order valence-corrected chi connectivity index (χ4v) is 1.83. The second kappa shape index (κ2) is 3.38. The van der Waals surface area contributed by atoms with Gasteiger partial charge in [-0.15, -0.1) is 0 Å². The van der Waals surface area contributed by atoms with Gasteiger partial charge in [0, 0.05) is 10.8 Å². The lowest BCUT2D eigenvalue weighted by atomic mass is 10.1. The minimum atomic E-state index is 0.420. The molecule has 0 radical (unpaired) electrons. The van der Waals surface area contributed by atoms with Crippen LogP contribution in [0.5, 0.6) is 5.75 Å². The van der Waals surface area contributed by atoms with Gasteiger partial charge in [-0.3, -0.25) is 4.79 Å². The van der Waals surface area contributed by atoms with Gasteiger partial charge in [0.25, 0.3) is 6.47 Å². The molecule has 78 valence electrons. The fourth-order valence-electron chi connectivity index (χ4n) is 1.83. The van der Waals surface area contributed by atoms with Crippen molar-refractivity contribution in [3.8, 4) is 5.75 Å². The SMILES string of the molecule is O=COc1ccc2oc3ccccc3c2c1. The van der Waals surface area contributed by atoms with Crippen LogP contribution in [0.3, 0.4) is 0 Å². The largest absolute Gasteiger partial charge is 0.456 e. The molecule has 0 saturated carbocycles. The lowest BCUT2D eigenvalue weighted by Gasteiger charge is -1.96. The number of benzene rings is 2. The van der Waals surface area contributed by atoms with E-state index in [2.05, 4.69) is 0 Å². The molecule has 0 fully saturated rings. The van der Waals surface area contributed by atoms with E-state index in [-0.39, 0.29) is 0 Å². The van der Waals surface area contributed by atoms with Gasteiger partial charge in [-0.05, 0) is 24.3 Å². The molecular weight excluding hydrogens is 204 g/mol. The molecule has 3 rings (SSSR count). The van der Waals surface area contributed by atoms with Gasteiger partial charge >= 0.3 is 0 Å². The third-order valence-electron chi connectivity index (χ3n) is 2.53. The lowest BCUT2D eigenvalue weighted by molar-refractivity contribution is -0.120. The summed E-state index contributed by atoms with van der Waals surface area (Å²) in [7, 11) is 0. The zero-order valence-electron chi connectivity index (χ0n) is 8.34. The Hall–Kier alpha value is -2.29. The highest BCUT2D eigenvalue weighted by atomic mass is 16.5. The second-order valence-corrected chi connectivity index (χ2v) is 3.47. The molecule has 0 spiro atoms. The van der Waals surface area contributed by atoms with Gasteiger partial charge in [0.1, 0.15) is 16.9 Å². The third kappa shape index (κ3) is 1.26. The zero-order chi connectivity index (χ0) is 11.0. The van der Waals surface area contributed by atoms with Crippen molar-refractivity contribution in [1.82, 2.24) is 0 Å². The molecule has 0 aliphatic rings. The van der Waals surface area contributed by atoms with Gasteiger partial charge in [-0.25, -0.2) is 0 Å². The summed E-state index contributed by atoms with van der Waals surface area (Å²) in [6.45, 7) is 0.420. The second-order valence-electron chi connectivity index (χ2n) is 3.47. The van der Waals surface area contributed by atoms with Crippen molar-refractivity contribution in [2.45, 2.75) is 0 Å². The summed E-state index contributed by atoms with van der Waals surface area (Å²) >= 11 is 0. The van der Waals surface area contributed by atoms with Crippen molar-refractivity contribution >= 4 is 28.4 Å². The number of furan rings is 1. The van der Waals surface area contributed by atoms with Crippen molar-refractivity contribution in [2.24, 2.45) is 0 Å². The molecule has 0 bridgehead atoms. The maximum Gasteiger partial charge on any atom is 0.298 e. The van der Waals surface area contributed by atoms with E-state index in [1.54, 1.807) is 18.2 Å². The first-order valence-corrected chi connectivity index (χ1v) is 4.90. The summed E-state index contributed by atoms with van der Waals surface area (Å²) in [6, 6.07) is 13.1. The Bertz CT molecular complexity index is 667. The summed E-state index contributed by atoms with van der Waals surface area (Å²) in [5.74, 6) is 0.522. The van der Waals surface area contributed by atoms with E-state index in [9.17, 15) is 4.79 Å². The van der Waals surface area contributed by atoms with E-state index in [0.717, 1.165) is 21.9 Å². The summed E-state index contributed by atoms with van der Waals surface area (Å²) < 4.78 is 10.5. The highest BCUT2D eigenvalue weighted by Gasteiger charge is 2.06. The Kier molecular flexibility index (Phi) is 1.90. The molecule has 3 nitrogen and oxygen atoms in total. The first-order chi connectivity index (χ1) is 7.88. The first-order valence-electron chi connectivity index (χ1n) is 4.90. The van der Waals surface area contributed by atoms with Crippen LogP contribution >= 0.6 is 0 Å². The fraction of sp³-hybridized carbons (Fsp3) is 0. The molecule has 0 aliphatic carbocycles. The zero-order valence-corrected chi connectivity index (χ0v) is 8.34. The monoisotopic (exact) mass is 212 g/mol. The molecule has 2 aromatic carbocycles. The quantitative estimate of drug-likeness (QED) is 0.612. The van der Waals surface area contributed by atoms with E-state index in [0.29, 0.717) is 12.2 Å². The van der Waals surface area contributed by atoms with Crippen LogP contribution in [-0.4, -0.2) is 6.47 Å². The van der Waals surface area contributed by atoms with Crippen LogP contribution in [0.1, 0.15) is 0 Å². The molecule has 1 aromatic heterocycles. The van der Waals surface area contributed by atoms with Crippen molar-refractivity contribution in [3.05, 3.63) is 42.5 Å². The molecule has 0 atom stereocenters. The van der Waals surface area contributed by atoms with Crippen LogP contribution in [-0.2, 0) is 4.79 Å². The van der Waals surface area contributed by atoms with Crippen LogP contribution in [0.15, 0.2) is 46.9 Å². The Balaban J connectivity index is 2.35. The molecule has 0 N–H and O–H groups in total. The van der Waals surface area contributed by atoms with Gasteiger partial charge in [0.05, 0.1) is 0 Å². The molecule has 3 heteroatoms. The number of ether oxygens (including phenoxy) is 1. The Labute approximate surface area is 91.2 Å². The topological polar surface area (TPSA) is 39.4 Å². The number of rotatable bonds is 2. The van der Waals surface area contributed by atoms with Gasteiger partial charge in [-0.2, -0.15) is 0 Å². The molecule has 16 heavy (non-hydrogen) atoms.